The zero-order chi connectivity index (χ0) is 12.5. The fourth-order valence-electron chi connectivity index (χ4n) is 1.99. The van der Waals surface area contributed by atoms with Crippen LogP contribution in [0.3, 0.4) is 0 Å². The Morgan fingerprint density at radius 2 is 1.94 bits per heavy atom. The second-order valence-corrected chi connectivity index (χ2v) is 6.85. The van der Waals surface area contributed by atoms with Crippen molar-refractivity contribution < 1.29 is 8.42 Å². The standard InChI is InChI=1S/C11H13Cl2NO2S/c12-7-10-6-9(13)8-14(10)17(15,16)11-4-2-1-3-5-11/h1-5,9-10H,6-8H2. The minimum absolute atomic E-state index is 0.155. The molecular weight excluding hydrogens is 281 g/mol. The third-order valence-corrected chi connectivity index (χ3v) is 5.45. The van der Waals surface area contributed by atoms with Crippen LogP contribution in [0, 0.1) is 0 Å². The van der Waals surface area contributed by atoms with Crippen molar-refractivity contribution in [1.82, 2.24) is 4.31 Å². The van der Waals surface area contributed by atoms with Gasteiger partial charge in [0.1, 0.15) is 0 Å². The normalized spacial score (nSPS) is 26.2. The maximum Gasteiger partial charge on any atom is 0.243 e. The largest absolute Gasteiger partial charge is 0.243 e. The number of rotatable bonds is 3. The summed E-state index contributed by atoms with van der Waals surface area (Å²) in [6.45, 7) is 0.330. The number of hydrogen-bond donors (Lipinski definition) is 0. The van der Waals surface area contributed by atoms with Crippen LogP contribution < -0.4 is 0 Å². The Morgan fingerprint density at radius 3 is 2.53 bits per heavy atom. The van der Waals surface area contributed by atoms with Gasteiger partial charge in [0.25, 0.3) is 0 Å². The van der Waals surface area contributed by atoms with Gasteiger partial charge in [0.15, 0.2) is 0 Å². The summed E-state index contributed by atoms with van der Waals surface area (Å²) in [5.74, 6) is 0.273. The molecule has 3 nitrogen and oxygen atoms in total. The second kappa shape index (κ2) is 5.14. The molecule has 2 rings (SSSR count). The molecule has 0 radical (unpaired) electrons. The zero-order valence-electron chi connectivity index (χ0n) is 9.09. The first-order valence-electron chi connectivity index (χ1n) is 5.32. The van der Waals surface area contributed by atoms with Crippen molar-refractivity contribution in [2.24, 2.45) is 0 Å². The summed E-state index contributed by atoms with van der Waals surface area (Å²) in [4.78, 5) is 0.292. The van der Waals surface area contributed by atoms with E-state index >= 15 is 0 Å². The third kappa shape index (κ3) is 2.60. The Balaban J connectivity index is 2.33. The van der Waals surface area contributed by atoms with E-state index < -0.39 is 10.0 Å². The molecule has 0 saturated carbocycles. The van der Waals surface area contributed by atoms with Crippen molar-refractivity contribution in [3.8, 4) is 0 Å². The first kappa shape index (κ1) is 13.1. The predicted molar refractivity (Wildman–Crippen MR) is 69.1 cm³/mol. The molecule has 2 unspecified atom stereocenters. The molecule has 6 heteroatoms. The highest BCUT2D eigenvalue weighted by Gasteiger charge is 2.38. The van der Waals surface area contributed by atoms with Gasteiger partial charge < -0.3 is 0 Å². The van der Waals surface area contributed by atoms with Crippen molar-refractivity contribution in [3.63, 3.8) is 0 Å². The molecule has 2 atom stereocenters. The van der Waals surface area contributed by atoms with Crippen LogP contribution >= 0.6 is 23.2 Å². The van der Waals surface area contributed by atoms with Crippen LogP contribution in [-0.2, 0) is 10.0 Å². The Labute approximate surface area is 111 Å². The van der Waals surface area contributed by atoms with Crippen LogP contribution in [0.1, 0.15) is 6.42 Å². The fourth-order valence-corrected chi connectivity index (χ4v) is 4.51. The van der Waals surface area contributed by atoms with Crippen molar-refractivity contribution in [1.29, 1.82) is 0 Å². The van der Waals surface area contributed by atoms with Gasteiger partial charge >= 0.3 is 0 Å². The van der Waals surface area contributed by atoms with Crippen LogP contribution in [-0.4, -0.2) is 36.6 Å². The molecule has 1 aromatic carbocycles. The van der Waals surface area contributed by atoms with Crippen LogP contribution in [0.15, 0.2) is 35.2 Å². The number of alkyl halides is 2. The van der Waals surface area contributed by atoms with E-state index in [2.05, 4.69) is 0 Å². The summed E-state index contributed by atoms with van der Waals surface area (Å²) < 4.78 is 26.1. The van der Waals surface area contributed by atoms with E-state index in [9.17, 15) is 8.42 Å². The van der Waals surface area contributed by atoms with Crippen molar-refractivity contribution >= 4 is 33.2 Å². The number of benzene rings is 1. The molecule has 1 saturated heterocycles. The van der Waals surface area contributed by atoms with E-state index in [0.29, 0.717) is 17.9 Å². The fraction of sp³-hybridized carbons (Fsp3) is 0.455. The predicted octanol–water partition coefficient (Wildman–Crippen LogP) is 2.30. The van der Waals surface area contributed by atoms with Gasteiger partial charge in [-0.1, -0.05) is 18.2 Å². The van der Waals surface area contributed by atoms with Crippen molar-refractivity contribution in [2.45, 2.75) is 22.7 Å². The van der Waals surface area contributed by atoms with Gasteiger partial charge in [-0.2, -0.15) is 4.31 Å². The monoisotopic (exact) mass is 293 g/mol. The van der Waals surface area contributed by atoms with Gasteiger partial charge in [-0.15, -0.1) is 23.2 Å². The molecule has 1 aliphatic heterocycles. The molecule has 0 amide bonds. The lowest BCUT2D eigenvalue weighted by molar-refractivity contribution is 0.411. The molecule has 0 N–H and O–H groups in total. The quantitative estimate of drug-likeness (QED) is 0.802. The third-order valence-electron chi connectivity index (χ3n) is 2.84. The second-order valence-electron chi connectivity index (χ2n) is 4.03. The summed E-state index contributed by atoms with van der Waals surface area (Å²) in [5, 5.41) is -0.155. The van der Waals surface area contributed by atoms with Gasteiger partial charge in [0.05, 0.1) is 4.90 Å². The lowest BCUT2D eigenvalue weighted by atomic mass is 10.2. The van der Waals surface area contributed by atoms with E-state index in [4.69, 9.17) is 23.2 Å². The molecule has 94 valence electrons. The lowest BCUT2D eigenvalue weighted by Gasteiger charge is -2.22. The number of nitrogens with zero attached hydrogens (tertiary/aromatic N) is 1. The Bertz CT molecular complexity index is 478. The highest BCUT2D eigenvalue weighted by atomic mass is 35.5. The van der Waals surface area contributed by atoms with Gasteiger partial charge in [-0.3, -0.25) is 0 Å². The molecule has 1 aromatic rings. The minimum atomic E-state index is -3.47. The molecule has 0 aliphatic carbocycles. The Kier molecular flexibility index (Phi) is 3.98. The Morgan fingerprint density at radius 1 is 1.29 bits per heavy atom. The van der Waals surface area contributed by atoms with Gasteiger partial charge in [-0.25, -0.2) is 8.42 Å². The minimum Gasteiger partial charge on any atom is -0.207 e. The summed E-state index contributed by atoms with van der Waals surface area (Å²) >= 11 is 11.8. The molecular formula is C11H13Cl2NO2S. The van der Waals surface area contributed by atoms with Gasteiger partial charge in [0, 0.05) is 23.8 Å². The maximum atomic E-state index is 12.4. The summed E-state index contributed by atoms with van der Waals surface area (Å²) in [6, 6.07) is 8.16. The molecule has 0 spiro atoms. The van der Waals surface area contributed by atoms with Crippen LogP contribution in [0.5, 0.6) is 0 Å². The zero-order valence-corrected chi connectivity index (χ0v) is 11.4. The van der Waals surface area contributed by atoms with Gasteiger partial charge in [0.2, 0.25) is 10.0 Å². The SMILES string of the molecule is O=S(=O)(c1ccccc1)N1CC(Cl)CC1CCl. The first-order valence-corrected chi connectivity index (χ1v) is 7.73. The van der Waals surface area contributed by atoms with E-state index in [1.54, 1.807) is 30.3 Å². The van der Waals surface area contributed by atoms with Crippen LogP contribution in [0.4, 0.5) is 0 Å². The number of halogens is 2. The highest BCUT2D eigenvalue weighted by molar-refractivity contribution is 7.89. The summed E-state index contributed by atoms with van der Waals surface area (Å²) in [5.41, 5.74) is 0. The maximum absolute atomic E-state index is 12.4. The van der Waals surface area contributed by atoms with Crippen LogP contribution in [0.25, 0.3) is 0 Å². The number of sulfonamides is 1. The van der Waals surface area contributed by atoms with E-state index in [1.807, 2.05) is 0 Å². The lowest BCUT2D eigenvalue weighted by Crippen LogP contribution is -2.36. The summed E-state index contributed by atoms with van der Waals surface area (Å²) in [6.07, 6.45) is 0.608. The molecule has 1 heterocycles. The van der Waals surface area contributed by atoms with Gasteiger partial charge in [-0.05, 0) is 18.6 Å². The molecule has 1 fully saturated rings. The van der Waals surface area contributed by atoms with E-state index in [-0.39, 0.29) is 17.3 Å². The van der Waals surface area contributed by atoms with Crippen LogP contribution in [0.2, 0.25) is 0 Å². The topological polar surface area (TPSA) is 37.4 Å². The number of hydrogen-bond acceptors (Lipinski definition) is 2. The first-order chi connectivity index (χ1) is 8.05. The molecule has 1 aliphatic rings. The Hall–Kier alpha value is -0.290. The van der Waals surface area contributed by atoms with E-state index in [1.165, 1.54) is 4.31 Å². The highest BCUT2D eigenvalue weighted by Crippen LogP contribution is 2.29. The average Bonchev–Trinajstić information content (AvgIpc) is 2.72. The smallest absolute Gasteiger partial charge is 0.207 e. The van der Waals surface area contributed by atoms with Crippen molar-refractivity contribution in [3.05, 3.63) is 30.3 Å². The average molecular weight is 294 g/mol. The molecule has 17 heavy (non-hydrogen) atoms. The van der Waals surface area contributed by atoms with Crippen molar-refractivity contribution in [2.75, 3.05) is 12.4 Å². The molecule has 0 aromatic heterocycles. The van der Waals surface area contributed by atoms with E-state index in [0.717, 1.165) is 0 Å². The summed E-state index contributed by atoms with van der Waals surface area (Å²) in [7, 11) is -3.47. The molecule has 0 bridgehead atoms.